The van der Waals surface area contributed by atoms with E-state index in [1.54, 1.807) is 0 Å². The van der Waals surface area contributed by atoms with Crippen molar-refractivity contribution in [3.05, 3.63) is 35.4 Å². The zero-order valence-electron chi connectivity index (χ0n) is 16.4. The second-order valence-electron chi connectivity index (χ2n) is 8.97. The van der Waals surface area contributed by atoms with Gasteiger partial charge in [0.25, 0.3) is 0 Å². The van der Waals surface area contributed by atoms with Gasteiger partial charge in [0.2, 0.25) is 0 Å². The Morgan fingerprint density at radius 2 is 1.43 bits per heavy atom. The average Bonchev–Trinajstić information content (AvgIpc) is 2.38. The summed E-state index contributed by atoms with van der Waals surface area (Å²) < 4.78 is 0. The second-order valence-corrected chi connectivity index (χ2v) is 8.97. The number of rotatable bonds is 7. The molecule has 0 radical (unpaired) electrons. The summed E-state index contributed by atoms with van der Waals surface area (Å²) in [5.74, 6) is 0.542. The number of benzene rings is 1. The van der Waals surface area contributed by atoms with Crippen molar-refractivity contribution in [2.24, 2.45) is 16.6 Å². The second kappa shape index (κ2) is 8.30. The van der Waals surface area contributed by atoms with Gasteiger partial charge in [-0.25, -0.2) is 0 Å². The van der Waals surface area contributed by atoms with Crippen LogP contribution in [0.2, 0.25) is 0 Å². The molecule has 0 saturated heterocycles. The van der Waals surface area contributed by atoms with E-state index in [9.17, 15) is 0 Å². The first-order valence-electron chi connectivity index (χ1n) is 9.10. The van der Waals surface area contributed by atoms with E-state index in [1.165, 1.54) is 17.5 Å². The van der Waals surface area contributed by atoms with Crippen LogP contribution in [0, 0.1) is 10.8 Å². The van der Waals surface area contributed by atoms with Crippen LogP contribution in [0.5, 0.6) is 0 Å². The molecule has 2 N–H and O–H groups in total. The number of nitrogens with two attached hydrogens (primary N) is 1. The average molecular weight is 319 g/mol. The van der Waals surface area contributed by atoms with E-state index in [2.05, 4.69) is 77.6 Å². The van der Waals surface area contributed by atoms with Crippen molar-refractivity contribution in [1.29, 1.82) is 0 Å². The molecule has 0 aliphatic rings. The van der Waals surface area contributed by atoms with Crippen LogP contribution in [0.15, 0.2) is 24.3 Å². The van der Waals surface area contributed by atoms with E-state index in [1.807, 2.05) is 0 Å². The Morgan fingerprint density at radius 3 is 1.83 bits per heavy atom. The zero-order valence-corrected chi connectivity index (χ0v) is 16.4. The van der Waals surface area contributed by atoms with Gasteiger partial charge in [0, 0.05) is 19.6 Å². The highest BCUT2D eigenvalue weighted by Crippen LogP contribution is 2.47. The van der Waals surface area contributed by atoms with Gasteiger partial charge >= 0.3 is 0 Å². The lowest BCUT2D eigenvalue weighted by atomic mass is 9.63. The Balaban J connectivity index is 2.93. The molecule has 2 heteroatoms. The van der Waals surface area contributed by atoms with Crippen LogP contribution in [0.25, 0.3) is 0 Å². The standard InChI is InChI=1S/C21H38N2/c1-8-14-23(15-13-22)16-17-9-11-18(12-10-17)19(20(2,3)4)21(5,6)7/h9-12,19H,8,13-16,22H2,1-7H3. The van der Waals surface area contributed by atoms with Gasteiger partial charge in [-0.2, -0.15) is 0 Å². The summed E-state index contributed by atoms with van der Waals surface area (Å²) in [4.78, 5) is 2.44. The molecule has 132 valence electrons. The first-order valence-corrected chi connectivity index (χ1v) is 9.10. The first kappa shape index (κ1) is 20.2. The van der Waals surface area contributed by atoms with Gasteiger partial charge in [-0.1, -0.05) is 72.7 Å². The van der Waals surface area contributed by atoms with Gasteiger partial charge in [-0.05, 0) is 40.8 Å². The Hall–Kier alpha value is -0.860. The van der Waals surface area contributed by atoms with Crippen LogP contribution >= 0.6 is 0 Å². The highest BCUT2D eigenvalue weighted by atomic mass is 15.1. The molecule has 0 spiro atoms. The predicted molar refractivity (Wildman–Crippen MR) is 103 cm³/mol. The lowest BCUT2D eigenvalue weighted by Gasteiger charge is -2.41. The van der Waals surface area contributed by atoms with Crippen LogP contribution in [0.3, 0.4) is 0 Å². The normalized spacial score (nSPS) is 13.1. The van der Waals surface area contributed by atoms with E-state index in [0.717, 1.165) is 26.2 Å². The Kier molecular flexibility index (Phi) is 7.29. The summed E-state index contributed by atoms with van der Waals surface area (Å²) >= 11 is 0. The van der Waals surface area contributed by atoms with E-state index >= 15 is 0 Å². The minimum Gasteiger partial charge on any atom is -0.329 e. The molecule has 0 fully saturated rings. The van der Waals surface area contributed by atoms with Gasteiger partial charge in [-0.3, -0.25) is 4.90 Å². The van der Waals surface area contributed by atoms with Crippen LogP contribution in [0.4, 0.5) is 0 Å². The van der Waals surface area contributed by atoms with Gasteiger partial charge < -0.3 is 5.73 Å². The quantitative estimate of drug-likeness (QED) is 0.763. The fraction of sp³-hybridized carbons (Fsp3) is 0.714. The Labute approximate surface area is 144 Å². The fourth-order valence-corrected chi connectivity index (χ4v) is 4.14. The van der Waals surface area contributed by atoms with Crippen LogP contribution in [0.1, 0.15) is 71.9 Å². The molecule has 0 saturated carbocycles. The molecule has 23 heavy (non-hydrogen) atoms. The molecule has 0 unspecified atom stereocenters. The lowest BCUT2D eigenvalue weighted by molar-refractivity contribution is 0.176. The van der Waals surface area contributed by atoms with Gasteiger partial charge in [-0.15, -0.1) is 0 Å². The monoisotopic (exact) mass is 318 g/mol. The maximum Gasteiger partial charge on any atom is 0.0234 e. The topological polar surface area (TPSA) is 29.3 Å². The molecule has 0 heterocycles. The van der Waals surface area contributed by atoms with Gasteiger partial charge in [0.1, 0.15) is 0 Å². The number of hydrogen-bond donors (Lipinski definition) is 1. The summed E-state index contributed by atoms with van der Waals surface area (Å²) in [7, 11) is 0. The van der Waals surface area contributed by atoms with Crippen molar-refractivity contribution in [1.82, 2.24) is 4.90 Å². The minimum atomic E-state index is 0.258. The summed E-state index contributed by atoms with van der Waals surface area (Å²) in [6, 6.07) is 9.28. The first-order chi connectivity index (χ1) is 10.6. The molecule has 1 aromatic carbocycles. The minimum absolute atomic E-state index is 0.258. The van der Waals surface area contributed by atoms with Crippen LogP contribution in [-0.4, -0.2) is 24.5 Å². The molecule has 0 aliphatic carbocycles. The van der Waals surface area contributed by atoms with Crippen molar-refractivity contribution >= 4 is 0 Å². The van der Waals surface area contributed by atoms with Gasteiger partial charge in [0.05, 0.1) is 0 Å². The predicted octanol–water partition coefficient (Wildman–Crippen LogP) is 5.03. The molecular formula is C21H38N2. The molecule has 0 aliphatic heterocycles. The molecule has 2 nitrogen and oxygen atoms in total. The maximum atomic E-state index is 5.73. The molecule has 1 rings (SSSR count). The van der Waals surface area contributed by atoms with Crippen molar-refractivity contribution in [2.75, 3.05) is 19.6 Å². The fourth-order valence-electron chi connectivity index (χ4n) is 4.14. The van der Waals surface area contributed by atoms with E-state index in [0.29, 0.717) is 5.92 Å². The highest BCUT2D eigenvalue weighted by molar-refractivity contribution is 5.28. The third-order valence-corrected chi connectivity index (χ3v) is 4.44. The van der Waals surface area contributed by atoms with E-state index in [4.69, 9.17) is 5.73 Å². The molecule has 0 amide bonds. The van der Waals surface area contributed by atoms with Crippen molar-refractivity contribution < 1.29 is 0 Å². The third kappa shape index (κ3) is 6.27. The van der Waals surface area contributed by atoms with E-state index in [-0.39, 0.29) is 10.8 Å². The van der Waals surface area contributed by atoms with Gasteiger partial charge in [0.15, 0.2) is 0 Å². The van der Waals surface area contributed by atoms with Crippen molar-refractivity contribution in [2.45, 2.75) is 67.3 Å². The summed E-state index contributed by atoms with van der Waals surface area (Å²) in [6.45, 7) is 20.1. The highest BCUT2D eigenvalue weighted by Gasteiger charge is 2.35. The molecule has 1 aromatic rings. The SMILES string of the molecule is CCCN(CCN)Cc1ccc(C(C(C)(C)C)C(C)(C)C)cc1. The Bertz CT molecular complexity index is 428. The van der Waals surface area contributed by atoms with Crippen LogP contribution < -0.4 is 5.73 Å². The molecule has 0 atom stereocenters. The Morgan fingerprint density at radius 1 is 0.913 bits per heavy atom. The largest absolute Gasteiger partial charge is 0.329 e. The molecule has 0 aromatic heterocycles. The number of nitrogens with zero attached hydrogens (tertiary/aromatic N) is 1. The number of hydrogen-bond acceptors (Lipinski definition) is 2. The summed E-state index contributed by atoms with van der Waals surface area (Å²) in [5, 5.41) is 0. The summed E-state index contributed by atoms with van der Waals surface area (Å²) in [5.41, 5.74) is 9.09. The van der Waals surface area contributed by atoms with Crippen molar-refractivity contribution in [3.63, 3.8) is 0 Å². The maximum absolute atomic E-state index is 5.73. The summed E-state index contributed by atoms with van der Waals surface area (Å²) in [6.07, 6.45) is 1.17. The molecule has 0 bridgehead atoms. The lowest BCUT2D eigenvalue weighted by Crippen LogP contribution is -2.31. The van der Waals surface area contributed by atoms with E-state index < -0.39 is 0 Å². The third-order valence-electron chi connectivity index (χ3n) is 4.44. The molecular weight excluding hydrogens is 280 g/mol. The zero-order chi connectivity index (χ0) is 17.7. The van der Waals surface area contributed by atoms with Crippen molar-refractivity contribution in [3.8, 4) is 0 Å². The smallest absolute Gasteiger partial charge is 0.0234 e. The van der Waals surface area contributed by atoms with Crippen LogP contribution in [-0.2, 0) is 6.54 Å².